The predicted octanol–water partition coefficient (Wildman–Crippen LogP) is 1.02. The van der Waals surface area contributed by atoms with Crippen LogP contribution in [0.25, 0.3) is 0 Å². The smallest absolute Gasteiger partial charge is 0.123 e. The average molecular weight is 154 g/mol. The Bertz CT molecular complexity index is 65.1. The zero-order valence-electron chi connectivity index (χ0n) is 3.53. The minimum absolute atomic E-state index is 0.252. The van der Waals surface area contributed by atoms with Crippen LogP contribution in [0.15, 0.2) is 0 Å². The molecule has 0 fully saturated rings. The number of thiol groups is 3. The standard InChI is InChI=1S/C3H6OS3/c4-2-1-3(5,6)7/h2,5-7H,1H2. The molecule has 0 heterocycles. The topological polar surface area (TPSA) is 17.1 Å². The number of carbonyl (C=O) groups is 1. The van der Waals surface area contributed by atoms with Crippen LogP contribution in [0.5, 0.6) is 0 Å². The molecule has 0 aromatic heterocycles. The molecular formula is C3H6OS3. The van der Waals surface area contributed by atoms with Gasteiger partial charge in [-0.15, -0.1) is 0 Å². The summed E-state index contributed by atoms with van der Waals surface area (Å²) in [5.41, 5.74) is 0. The first kappa shape index (κ1) is 7.72. The van der Waals surface area contributed by atoms with E-state index in [1.807, 2.05) is 0 Å². The quantitative estimate of drug-likeness (QED) is 0.307. The van der Waals surface area contributed by atoms with Gasteiger partial charge in [0.2, 0.25) is 0 Å². The summed E-state index contributed by atoms with van der Waals surface area (Å²) in [5, 5.41) is 0. The normalized spacial score (nSPS) is 11.3. The average Bonchev–Trinajstić information content (AvgIpc) is 1.30. The monoisotopic (exact) mass is 154 g/mol. The van der Waals surface area contributed by atoms with Crippen molar-refractivity contribution in [1.29, 1.82) is 0 Å². The zero-order chi connectivity index (χ0) is 5.91. The second-order valence-corrected chi connectivity index (χ2v) is 4.49. The molecule has 1 nitrogen and oxygen atoms in total. The Morgan fingerprint density at radius 3 is 1.86 bits per heavy atom. The Morgan fingerprint density at radius 2 is 1.86 bits per heavy atom. The highest BCUT2D eigenvalue weighted by atomic mass is 32.2. The van der Waals surface area contributed by atoms with E-state index in [0.717, 1.165) is 6.29 Å². The summed E-state index contributed by atoms with van der Waals surface area (Å²) in [4.78, 5) is 9.67. The van der Waals surface area contributed by atoms with E-state index < -0.39 is 3.41 Å². The molecule has 0 rings (SSSR count). The van der Waals surface area contributed by atoms with E-state index in [1.54, 1.807) is 0 Å². The van der Waals surface area contributed by atoms with Crippen LogP contribution in [0.3, 0.4) is 0 Å². The second kappa shape index (κ2) is 2.89. The van der Waals surface area contributed by atoms with E-state index in [9.17, 15) is 4.79 Å². The Balaban J connectivity index is 3.34. The molecule has 0 aromatic carbocycles. The van der Waals surface area contributed by atoms with E-state index >= 15 is 0 Å². The lowest BCUT2D eigenvalue weighted by Crippen LogP contribution is -2.01. The van der Waals surface area contributed by atoms with Gasteiger partial charge in [0.15, 0.2) is 0 Å². The van der Waals surface area contributed by atoms with Gasteiger partial charge in [-0.1, -0.05) is 0 Å². The fraction of sp³-hybridized carbons (Fsp3) is 0.667. The fourth-order valence-electron chi connectivity index (χ4n) is 0.112. The molecule has 0 aliphatic rings. The van der Waals surface area contributed by atoms with Crippen LogP contribution in [-0.4, -0.2) is 9.70 Å². The molecule has 0 radical (unpaired) electrons. The summed E-state index contributed by atoms with van der Waals surface area (Å²) in [5.74, 6) is 0. The van der Waals surface area contributed by atoms with E-state index in [2.05, 4.69) is 37.9 Å². The van der Waals surface area contributed by atoms with E-state index in [1.165, 1.54) is 0 Å². The Morgan fingerprint density at radius 1 is 1.43 bits per heavy atom. The molecule has 0 bridgehead atoms. The summed E-state index contributed by atoms with van der Waals surface area (Å²) in [7, 11) is 0. The maximum atomic E-state index is 9.67. The maximum Gasteiger partial charge on any atom is 0.123 e. The van der Waals surface area contributed by atoms with Gasteiger partial charge in [0.25, 0.3) is 0 Å². The zero-order valence-corrected chi connectivity index (χ0v) is 6.22. The second-order valence-electron chi connectivity index (χ2n) is 1.15. The highest BCUT2D eigenvalue weighted by molar-refractivity contribution is 8.17. The number of aldehydes is 1. The molecule has 0 aromatic rings. The molecule has 0 unspecified atom stereocenters. The van der Waals surface area contributed by atoms with Crippen molar-refractivity contribution in [1.82, 2.24) is 0 Å². The lowest BCUT2D eigenvalue weighted by Gasteiger charge is -2.08. The van der Waals surface area contributed by atoms with Gasteiger partial charge < -0.3 is 4.79 Å². The first-order valence-electron chi connectivity index (χ1n) is 1.67. The van der Waals surface area contributed by atoms with Gasteiger partial charge in [0.05, 0.1) is 0 Å². The third kappa shape index (κ3) is 6.72. The number of hydrogen-bond acceptors (Lipinski definition) is 4. The van der Waals surface area contributed by atoms with Crippen LogP contribution in [0.4, 0.5) is 0 Å². The molecular weight excluding hydrogens is 148 g/mol. The third-order valence-corrected chi connectivity index (χ3v) is 0.905. The van der Waals surface area contributed by atoms with E-state index in [4.69, 9.17) is 0 Å². The summed E-state index contributed by atoms with van der Waals surface area (Å²) < 4.78 is -0.734. The Hall–Kier alpha value is 0.720. The van der Waals surface area contributed by atoms with Crippen LogP contribution < -0.4 is 0 Å². The van der Waals surface area contributed by atoms with Crippen LogP contribution in [-0.2, 0) is 4.79 Å². The molecule has 0 amide bonds. The summed E-state index contributed by atoms with van der Waals surface area (Å²) in [6, 6.07) is 0. The van der Waals surface area contributed by atoms with E-state index in [-0.39, 0.29) is 6.42 Å². The molecule has 0 N–H and O–H groups in total. The van der Waals surface area contributed by atoms with Crippen molar-refractivity contribution in [2.45, 2.75) is 9.83 Å². The largest absolute Gasteiger partial charge is 0.303 e. The van der Waals surface area contributed by atoms with Gasteiger partial charge >= 0.3 is 0 Å². The summed E-state index contributed by atoms with van der Waals surface area (Å²) in [6.45, 7) is 0. The van der Waals surface area contributed by atoms with E-state index in [0.29, 0.717) is 0 Å². The van der Waals surface area contributed by atoms with Crippen molar-refractivity contribution < 1.29 is 4.79 Å². The van der Waals surface area contributed by atoms with Crippen LogP contribution >= 0.6 is 37.9 Å². The number of hydrogen-bond donors (Lipinski definition) is 3. The molecule has 42 valence electrons. The van der Waals surface area contributed by atoms with Crippen molar-refractivity contribution in [3.63, 3.8) is 0 Å². The van der Waals surface area contributed by atoms with Crippen molar-refractivity contribution in [2.75, 3.05) is 0 Å². The molecule has 0 saturated carbocycles. The van der Waals surface area contributed by atoms with Crippen LogP contribution in [0.1, 0.15) is 6.42 Å². The van der Waals surface area contributed by atoms with Crippen LogP contribution in [0, 0.1) is 0 Å². The molecule has 0 aliphatic heterocycles. The lowest BCUT2D eigenvalue weighted by atomic mass is 10.5. The number of rotatable bonds is 2. The summed E-state index contributed by atoms with van der Waals surface area (Å²) >= 11 is 11.5. The molecule has 0 aliphatic carbocycles. The Kier molecular flexibility index (Phi) is 3.19. The van der Waals surface area contributed by atoms with Gasteiger partial charge in [0.1, 0.15) is 9.70 Å². The van der Waals surface area contributed by atoms with Crippen molar-refractivity contribution in [3.05, 3.63) is 0 Å². The molecule has 0 atom stereocenters. The SMILES string of the molecule is O=CCC(S)(S)S. The van der Waals surface area contributed by atoms with Crippen molar-refractivity contribution in [2.24, 2.45) is 0 Å². The third-order valence-electron chi connectivity index (χ3n) is 0.357. The number of carbonyl (C=O) groups excluding carboxylic acids is 1. The van der Waals surface area contributed by atoms with Crippen LogP contribution in [0.2, 0.25) is 0 Å². The van der Waals surface area contributed by atoms with Gasteiger partial charge in [-0.3, -0.25) is 0 Å². The lowest BCUT2D eigenvalue weighted by molar-refractivity contribution is -0.107. The predicted molar refractivity (Wildman–Crippen MR) is 40.4 cm³/mol. The highest BCUT2D eigenvalue weighted by Crippen LogP contribution is 2.26. The molecule has 4 heteroatoms. The minimum atomic E-state index is -0.734. The maximum absolute atomic E-state index is 9.67. The summed E-state index contributed by atoms with van der Waals surface area (Å²) in [6.07, 6.45) is 0.981. The van der Waals surface area contributed by atoms with Gasteiger partial charge in [-0.2, -0.15) is 37.9 Å². The minimum Gasteiger partial charge on any atom is -0.303 e. The fourth-order valence-corrected chi connectivity index (χ4v) is 0.335. The molecule has 0 saturated heterocycles. The first-order chi connectivity index (χ1) is 3.06. The van der Waals surface area contributed by atoms with Gasteiger partial charge in [-0.05, 0) is 0 Å². The van der Waals surface area contributed by atoms with Gasteiger partial charge in [-0.25, -0.2) is 0 Å². The molecule has 0 spiro atoms. The van der Waals surface area contributed by atoms with Gasteiger partial charge in [0, 0.05) is 6.42 Å². The Labute approximate surface area is 59.1 Å². The van der Waals surface area contributed by atoms with Crippen molar-refractivity contribution >= 4 is 44.2 Å². The molecule has 7 heavy (non-hydrogen) atoms. The highest BCUT2D eigenvalue weighted by Gasteiger charge is 2.10. The van der Waals surface area contributed by atoms with Crippen molar-refractivity contribution in [3.8, 4) is 0 Å². The first-order valence-corrected chi connectivity index (χ1v) is 3.01.